The Bertz CT molecular complexity index is 797. The molecule has 1 aliphatic heterocycles. The third-order valence-corrected chi connectivity index (χ3v) is 7.06. The van der Waals surface area contributed by atoms with E-state index in [1.807, 2.05) is 0 Å². The number of methoxy groups -OCH3 is 1. The van der Waals surface area contributed by atoms with Crippen LogP contribution in [-0.4, -0.2) is 50.0 Å². The average molecular weight is 357 g/mol. The van der Waals surface area contributed by atoms with Crippen molar-refractivity contribution in [2.45, 2.75) is 31.1 Å². The van der Waals surface area contributed by atoms with Gasteiger partial charge in [-0.15, -0.1) is 0 Å². The van der Waals surface area contributed by atoms with Crippen LogP contribution >= 0.6 is 0 Å². The maximum Gasteiger partial charge on any atom is 0.373 e. The maximum absolute atomic E-state index is 12.9. The summed E-state index contributed by atoms with van der Waals surface area (Å²) in [6.45, 7) is 1.57. The van der Waals surface area contributed by atoms with E-state index in [0.29, 0.717) is 12.8 Å². The molecule has 2 heterocycles. The number of furan rings is 1. The second-order valence-corrected chi connectivity index (χ2v) is 8.28. The lowest BCUT2D eigenvalue weighted by atomic mass is 9.81. The van der Waals surface area contributed by atoms with Crippen LogP contribution < -0.4 is 0 Å². The summed E-state index contributed by atoms with van der Waals surface area (Å²) in [5.74, 6) is -2.00. The van der Waals surface area contributed by atoms with Crippen LogP contribution in [-0.2, 0) is 19.6 Å². The Morgan fingerprint density at radius 1 is 1.46 bits per heavy atom. The number of nitrogens with zero attached hydrogens (tertiary/aromatic N) is 1. The fourth-order valence-electron chi connectivity index (χ4n) is 3.84. The highest BCUT2D eigenvalue weighted by Gasteiger charge is 2.57. The first-order valence-electron chi connectivity index (χ1n) is 7.64. The number of hydrogen-bond acceptors (Lipinski definition) is 6. The zero-order valence-corrected chi connectivity index (χ0v) is 14.3. The molecule has 1 aromatic rings. The van der Waals surface area contributed by atoms with Gasteiger partial charge in [0.05, 0.1) is 12.5 Å². The molecule has 2 atom stereocenters. The van der Waals surface area contributed by atoms with Crippen molar-refractivity contribution in [3.05, 3.63) is 17.6 Å². The molecule has 2 fully saturated rings. The molecule has 2 aliphatic rings. The van der Waals surface area contributed by atoms with Gasteiger partial charge in [0.2, 0.25) is 15.8 Å². The highest BCUT2D eigenvalue weighted by atomic mass is 32.2. The zero-order chi connectivity index (χ0) is 17.7. The standard InChI is InChI=1S/C15H19NO7S/c1-9-12(6-11(23-9)13(17)22-2)24(20,21)16-7-10-4-3-5-15(10,8-16)14(18)19/h6,10H,3-5,7-8H2,1-2H3,(H,18,19)/t10-,15+/m0/s1. The first-order valence-corrected chi connectivity index (χ1v) is 9.08. The van der Waals surface area contributed by atoms with Gasteiger partial charge in [-0.25, -0.2) is 13.2 Å². The number of carbonyl (C=O) groups excluding carboxylic acids is 1. The van der Waals surface area contributed by atoms with Gasteiger partial charge in [-0.05, 0) is 25.7 Å². The maximum atomic E-state index is 12.9. The number of esters is 1. The van der Waals surface area contributed by atoms with Crippen LogP contribution in [0, 0.1) is 18.3 Å². The number of fused-ring (bicyclic) bond motifs is 1. The molecule has 24 heavy (non-hydrogen) atoms. The molecule has 0 aromatic carbocycles. The molecule has 1 saturated carbocycles. The van der Waals surface area contributed by atoms with Crippen LogP contribution in [0.1, 0.15) is 35.6 Å². The zero-order valence-electron chi connectivity index (χ0n) is 13.4. The molecule has 8 nitrogen and oxygen atoms in total. The molecule has 1 aromatic heterocycles. The number of ether oxygens (including phenoxy) is 1. The Balaban J connectivity index is 1.94. The van der Waals surface area contributed by atoms with Crippen LogP contribution in [0.3, 0.4) is 0 Å². The van der Waals surface area contributed by atoms with Gasteiger partial charge < -0.3 is 14.3 Å². The molecule has 3 rings (SSSR count). The quantitative estimate of drug-likeness (QED) is 0.807. The third kappa shape index (κ3) is 2.34. The van der Waals surface area contributed by atoms with E-state index in [1.165, 1.54) is 18.3 Å². The van der Waals surface area contributed by atoms with Gasteiger partial charge in [-0.2, -0.15) is 4.31 Å². The van der Waals surface area contributed by atoms with E-state index >= 15 is 0 Å². The fraction of sp³-hybridized carbons (Fsp3) is 0.600. The van der Waals surface area contributed by atoms with Crippen molar-refractivity contribution in [3.8, 4) is 0 Å². The number of hydrogen-bond donors (Lipinski definition) is 1. The van der Waals surface area contributed by atoms with Crippen LogP contribution in [0.4, 0.5) is 0 Å². The third-order valence-electron chi connectivity index (χ3n) is 5.14. The summed E-state index contributed by atoms with van der Waals surface area (Å²) in [6, 6.07) is 1.14. The predicted octanol–water partition coefficient (Wildman–Crippen LogP) is 1.25. The molecule has 0 radical (unpaired) electrons. The second-order valence-electron chi connectivity index (χ2n) is 6.37. The van der Waals surface area contributed by atoms with Crippen LogP contribution in [0.25, 0.3) is 0 Å². The molecule has 132 valence electrons. The van der Waals surface area contributed by atoms with Gasteiger partial charge in [0, 0.05) is 19.2 Å². The Hall–Kier alpha value is -1.87. The molecule has 9 heteroatoms. The normalized spacial score (nSPS) is 27.2. The molecule has 0 spiro atoms. The van der Waals surface area contributed by atoms with Gasteiger partial charge in [-0.3, -0.25) is 4.79 Å². The lowest BCUT2D eigenvalue weighted by Crippen LogP contribution is -2.37. The molecular weight excluding hydrogens is 338 g/mol. The van der Waals surface area contributed by atoms with E-state index in [2.05, 4.69) is 4.74 Å². The number of carbonyl (C=O) groups is 2. The Morgan fingerprint density at radius 3 is 2.75 bits per heavy atom. The van der Waals surface area contributed by atoms with Crippen LogP contribution in [0.2, 0.25) is 0 Å². The van der Waals surface area contributed by atoms with Gasteiger partial charge >= 0.3 is 11.9 Å². The lowest BCUT2D eigenvalue weighted by Gasteiger charge is -2.23. The van der Waals surface area contributed by atoms with Crippen LogP contribution in [0.5, 0.6) is 0 Å². The van der Waals surface area contributed by atoms with Crippen molar-refractivity contribution in [3.63, 3.8) is 0 Å². The number of carboxylic acid groups (broad SMARTS) is 1. The number of aryl methyl sites for hydroxylation is 1. The summed E-state index contributed by atoms with van der Waals surface area (Å²) < 4.78 is 36.7. The summed E-state index contributed by atoms with van der Waals surface area (Å²) >= 11 is 0. The lowest BCUT2D eigenvalue weighted by molar-refractivity contribution is -0.149. The molecule has 1 aliphatic carbocycles. The first-order chi connectivity index (χ1) is 11.2. The average Bonchev–Trinajstić information content (AvgIpc) is 3.17. The van der Waals surface area contributed by atoms with Crippen molar-refractivity contribution >= 4 is 22.0 Å². The van der Waals surface area contributed by atoms with Crippen LogP contribution in [0.15, 0.2) is 15.4 Å². The van der Waals surface area contributed by atoms with Gasteiger partial charge in [0.25, 0.3) is 0 Å². The van der Waals surface area contributed by atoms with E-state index in [-0.39, 0.29) is 35.4 Å². The minimum Gasteiger partial charge on any atom is -0.481 e. The van der Waals surface area contributed by atoms with E-state index in [0.717, 1.165) is 12.5 Å². The van der Waals surface area contributed by atoms with E-state index in [9.17, 15) is 23.1 Å². The van der Waals surface area contributed by atoms with Crippen molar-refractivity contribution < 1.29 is 32.3 Å². The van der Waals surface area contributed by atoms with Crippen molar-refractivity contribution in [1.29, 1.82) is 0 Å². The van der Waals surface area contributed by atoms with Crippen molar-refractivity contribution in [2.24, 2.45) is 11.3 Å². The minimum absolute atomic E-state index is 0.0481. The number of aliphatic carboxylic acids is 1. The Kier molecular flexibility index (Phi) is 3.95. The summed E-state index contributed by atoms with van der Waals surface area (Å²) in [5, 5.41) is 9.59. The van der Waals surface area contributed by atoms with Gasteiger partial charge in [-0.1, -0.05) is 6.42 Å². The smallest absolute Gasteiger partial charge is 0.373 e. The molecular formula is C15H19NO7S. The summed E-state index contributed by atoms with van der Waals surface area (Å²) in [4.78, 5) is 23.1. The molecule has 1 saturated heterocycles. The highest BCUT2D eigenvalue weighted by molar-refractivity contribution is 7.89. The monoisotopic (exact) mass is 357 g/mol. The van der Waals surface area contributed by atoms with Crippen molar-refractivity contribution in [2.75, 3.05) is 20.2 Å². The number of carboxylic acids is 1. The topological polar surface area (TPSA) is 114 Å². The van der Waals surface area contributed by atoms with E-state index in [1.54, 1.807) is 0 Å². The van der Waals surface area contributed by atoms with Gasteiger partial charge in [0.1, 0.15) is 10.7 Å². The molecule has 1 N–H and O–H groups in total. The fourth-order valence-corrected chi connectivity index (χ4v) is 5.55. The Morgan fingerprint density at radius 2 is 2.17 bits per heavy atom. The molecule has 0 amide bonds. The minimum atomic E-state index is -3.94. The first kappa shape index (κ1) is 17.0. The number of sulfonamides is 1. The molecule has 0 bridgehead atoms. The van der Waals surface area contributed by atoms with Crippen molar-refractivity contribution in [1.82, 2.24) is 4.31 Å². The Labute approximate surface area is 139 Å². The SMILES string of the molecule is COC(=O)c1cc(S(=O)(=O)N2C[C@@H]3CCC[C@@]3(C(=O)O)C2)c(C)o1. The molecule has 0 unspecified atom stereocenters. The highest BCUT2D eigenvalue weighted by Crippen LogP contribution is 2.50. The van der Waals surface area contributed by atoms with E-state index < -0.39 is 27.4 Å². The van der Waals surface area contributed by atoms with Gasteiger partial charge in [0.15, 0.2) is 0 Å². The summed E-state index contributed by atoms with van der Waals surface area (Å²) in [5.41, 5.74) is -1.00. The predicted molar refractivity (Wildman–Crippen MR) is 81.0 cm³/mol. The largest absolute Gasteiger partial charge is 0.481 e. The second kappa shape index (κ2) is 5.59. The summed E-state index contributed by atoms with van der Waals surface area (Å²) in [7, 11) is -2.76. The number of rotatable bonds is 4. The summed E-state index contributed by atoms with van der Waals surface area (Å²) in [6.07, 6.45) is 1.98. The van der Waals surface area contributed by atoms with E-state index in [4.69, 9.17) is 4.42 Å².